The number of aryl methyl sites for hydroxylation is 1. The molecule has 0 aliphatic carbocycles. The van der Waals surface area contributed by atoms with Gasteiger partial charge in [0.05, 0.1) is 5.56 Å². The number of nitrogens with zero attached hydrogens (tertiary/aromatic N) is 3. The average Bonchev–Trinajstić information content (AvgIpc) is 3.29. The maximum absolute atomic E-state index is 12.9. The molecule has 150 valence electrons. The molecule has 0 N–H and O–H groups in total. The van der Waals surface area contributed by atoms with Gasteiger partial charge in [-0.15, -0.1) is 0 Å². The predicted octanol–water partition coefficient (Wildman–Crippen LogP) is 4.67. The Kier molecular flexibility index (Phi) is 4.86. The van der Waals surface area contributed by atoms with E-state index >= 15 is 0 Å². The van der Waals surface area contributed by atoms with Gasteiger partial charge >= 0.3 is 6.18 Å². The van der Waals surface area contributed by atoms with Crippen molar-refractivity contribution < 1.29 is 22.5 Å². The molecular weight excluding hydrogens is 383 g/mol. The second kappa shape index (κ2) is 7.35. The first-order valence-electron chi connectivity index (χ1n) is 9.23. The molecule has 3 aromatic rings. The molecule has 5 nitrogen and oxygen atoms in total. The summed E-state index contributed by atoms with van der Waals surface area (Å²) >= 11 is 0. The highest BCUT2D eigenvalue weighted by Gasteiger charge is 2.31. The topological polar surface area (TPSA) is 59.2 Å². The standard InChI is InChI=1S/C21H18F3N3O2/c1-13-11-14-5-2-3-8-17(14)27(13)19(28)10-9-18-25-20(26-29-18)15-6-4-7-16(12-15)21(22,23)24/h2-8,12-13H,9-11H2,1H3. The molecule has 0 bridgehead atoms. The van der Waals surface area contributed by atoms with Crippen molar-refractivity contribution in [1.29, 1.82) is 0 Å². The number of alkyl halides is 3. The van der Waals surface area contributed by atoms with Crippen LogP contribution in [0, 0.1) is 0 Å². The SMILES string of the molecule is CC1Cc2ccccc2N1C(=O)CCc1nc(-c2cccc(C(F)(F)F)c2)no1. The summed E-state index contributed by atoms with van der Waals surface area (Å²) in [5.74, 6) is 0.227. The van der Waals surface area contributed by atoms with Crippen molar-refractivity contribution in [2.75, 3.05) is 4.90 Å². The van der Waals surface area contributed by atoms with Crippen molar-refractivity contribution in [3.8, 4) is 11.4 Å². The highest BCUT2D eigenvalue weighted by molar-refractivity contribution is 5.96. The maximum Gasteiger partial charge on any atom is 0.416 e. The van der Waals surface area contributed by atoms with E-state index in [1.807, 2.05) is 31.2 Å². The van der Waals surface area contributed by atoms with Crippen molar-refractivity contribution in [2.24, 2.45) is 0 Å². The van der Waals surface area contributed by atoms with Crippen LogP contribution in [0.15, 0.2) is 53.1 Å². The van der Waals surface area contributed by atoms with Crippen molar-refractivity contribution in [3.05, 3.63) is 65.5 Å². The van der Waals surface area contributed by atoms with Crippen LogP contribution in [0.3, 0.4) is 0 Å². The number of carbonyl (C=O) groups excluding carboxylic acids is 1. The Bertz CT molecular complexity index is 1050. The number of para-hydroxylation sites is 1. The number of benzene rings is 2. The number of halogens is 3. The maximum atomic E-state index is 12.9. The zero-order valence-electron chi connectivity index (χ0n) is 15.6. The molecule has 1 aromatic heterocycles. The van der Waals surface area contributed by atoms with Crippen LogP contribution in [-0.2, 0) is 23.8 Å². The second-order valence-corrected chi connectivity index (χ2v) is 7.04. The van der Waals surface area contributed by atoms with Crippen LogP contribution in [0.1, 0.15) is 30.4 Å². The number of aromatic nitrogens is 2. The highest BCUT2D eigenvalue weighted by Crippen LogP contribution is 2.33. The number of amides is 1. The third-order valence-electron chi connectivity index (χ3n) is 4.94. The summed E-state index contributed by atoms with van der Waals surface area (Å²) < 4.78 is 43.8. The van der Waals surface area contributed by atoms with E-state index in [4.69, 9.17) is 4.52 Å². The van der Waals surface area contributed by atoms with Crippen LogP contribution in [0.2, 0.25) is 0 Å². The fraction of sp³-hybridized carbons (Fsp3) is 0.286. The summed E-state index contributed by atoms with van der Waals surface area (Å²) in [7, 11) is 0. The van der Waals surface area contributed by atoms with E-state index < -0.39 is 11.7 Å². The molecule has 1 aliphatic heterocycles. The van der Waals surface area contributed by atoms with E-state index in [0.717, 1.165) is 29.8 Å². The Morgan fingerprint density at radius 1 is 1.21 bits per heavy atom. The van der Waals surface area contributed by atoms with Crippen LogP contribution >= 0.6 is 0 Å². The first-order chi connectivity index (χ1) is 13.8. The molecule has 0 fully saturated rings. The second-order valence-electron chi connectivity index (χ2n) is 7.04. The molecule has 1 atom stereocenters. The van der Waals surface area contributed by atoms with Gasteiger partial charge in [0, 0.05) is 30.1 Å². The summed E-state index contributed by atoms with van der Waals surface area (Å²) in [5.41, 5.74) is 1.49. The molecule has 1 aliphatic rings. The molecular formula is C21H18F3N3O2. The molecule has 0 spiro atoms. The molecule has 1 unspecified atom stereocenters. The van der Waals surface area contributed by atoms with Gasteiger partial charge in [0.1, 0.15) is 0 Å². The van der Waals surface area contributed by atoms with Crippen molar-refractivity contribution in [3.63, 3.8) is 0 Å². The smallest absolute Gasteiger partial charge is 0.339 e. The predicted molar refractivity (Wildman–Crippen MR) is 100 cm³/mol. The minimum absolute atomic E-state index is 0.0544. The van der Waals surface area contributed by atoms with E-state index in [-0.39, 0.29) is 42.1 Å². The summed E-state index contributed by atoms with van der Waals surface area (Å²) in [4.78, 5) is 18.7. The van der Waals surface area contributed by atoms with Crippen LogP contribution < -0.4 is 4.90 Å². The van der Waals surface area contributed by atoms with Gasteiger partial charge < -0.3 is 9.42 Å². The largest absolute Gasteiger partial charge is 0.416 e. The lowest BCUT2D eigenvalue weighted by Gasteiger charge is -2.22. The Morgan fingerprint density at radius 3 is 2.79 bits per heavy atom. The fourth-order valence-corrected chi connectivity index (χ4v) is 3.59. The number of hydrogen-bond acceptors (Lipinski definition) is 4. The molecule has 0 radical (unpaired) electrons. The third-order valence-corrected chi connectivity index (χ3v) is 4.94. The minimum Gasteiger partial charge on any atom is -0.339 e. The van der Waals surface area contributed by atoms with Crippen molar-refractivity contribution in [2.45, 2.75) is 38.4 Å². The van der Waals surface area contributed by atoms with Crippen LogP contribution in [0.4, 0.5) is 18.9 Å². The lowest BCUT2D eigenvalue weighted by atomic mass is 10.1. The molecule has 29 heavy (non-hydrogen) atoms. The lowest BCUT2D eigenvalue weighted by Crippen LogP contribution is -2.35. The van der Waals surface area contributed by atoms with E-state index in [1.54, 1.807) is 4.90 Å². The van der Waals surface area contributed by atoms with Crippen LogP contribution in [-0.4, -0.2) is 22.1 Å². The number of rotatable bonds is 4. The van der Waals surface area contributed by atoms with Gasteiger partial charge in [-0.3, -0.25) is 4.79 Å². The Morgan fingerprint density at radius 2 is 2.00 bits per heavy atom. The summed E-state index contributed by atoms with van der Waals surface area (Å²) in [5, 5.41) is 3.76. The van der Waals surface area contributed by atoms with Gasteiger partial charge in [-0.25, -0.2) is 0 Å². The molecule has 8 heteroatoms. The molecule has 2 aromatic carbocycles. The molecule has 4 rings (SSSR count). The molecule has 0 saturated carbocycles. The van der Waals surface area contributed by atoms with E-state index in [9.17, 15) is 18.0 Å². The number of hydrogen-bond donors (Lipinski definition) is 0. The summed E-state index contributed by atoms with van der Waals surface area (Å²) in [6.07, 6.45) is -3.25. The normalized spacial score (nSPS) is 16.1. The van der Waals surface area contributed by atoms with Gasteiger partial charge in [-0.2, -0.15) is 18.2 Å². The Balaban J connectivity index is 1.45. The third kappa shape index (κ3) is 3.87. The van der Waals surface area contributed by atoms with Crippen molar-refractivity contribution >= 4 is 11.6 Å². The molecule has 2 heterocycles. The Hall–Kier alpha value is -3.16. The van der Waals surface area contributed by atoms with Gasteiger partial charge in [0.25, 0.3) is 0 Å². The van der Waals surface area contributed by atoms with Crippen LogP contribution in [0.5, 0.6) is 0 Å². The van der Waals surface area contributed by atoms with Crippen LogP contribution in [0.25, 0.3) is 11.4 Å². The number of fused-ring (bicyclic) bond motifs is 1. The monoisotopic (exact) mass is 401 g/mol. The first kappa shape index (κ1) is 19.2. The van der Waals surface area contributed by atoms with E-state index in [2.05, 4.69) is 10.1 Å². The van der Waals surface area contributed by atoms with Gasteiger partial charge in [-0.1, -0.05) is 35.5 Å². The van der Waals surface area contributed by atoms with Crippen molar-refractivity contribution in [1.82, 2.24) is 10.1 Å². The summed E-state index contributed by atoms with van der Waals surface area (Å²) in [6, 6.07) is 12.6. The quantitative estimate of drug-likeness (QED) is 0.638. The van der Waals surface area contributed by atoms with E-state index in [0.29, 0.717) is 0 Å². The summed E-state index contributed by atoms with van der Waals surface area (Å²) in [6.45, 7) is 2.00. The van der Waals surface area contributed by atoms with Gasteiger partial charge in [0.2, 0.25) is 17.6 Å². The highest BCUT2D eigenvalue weighted by atomic mass is 19.4. The minimum atomic E-state index is -4.45. The zero-order valence-corrected chi connectivity index (χ0v) is 15.6. The Labute approximate surface area is 165 Å². The zero-order chi connectivity index (χ0) is 20.6. The first-order valence-corrected chi connectivity index (χ1v) is 9.23. The number of carbonyl (C=O) groups is 1. The molecule has 1 amide bonds. The van der Waals surface area contributed by atoms with Gasteiger partial charge in [0.15, 0.2) is 0 Å². The van der Waals surface area contributed by atoms with Gasteiger partial charge in [-0.05, 0) is 37.1 Å². The van der Waals surface area contributed by atoms with E-state index in [1.165, 1.54) is 12.1 Å². The fourth-order valence-electron chi connectivity index (χ4n) is 3.59. The lowest BCUT2D eigenvalue weighted by molar-refractivity contribution is -0.137. The number of anilines is 1. The average molecular weight is 401 g/mol. The molecule has 0 saturated heterocycles.